The second-order valence-corrected chi connectivity index (χ2v) is 4.56. The summed E-state index contributed by atoms with van der Waals surface area (Å²) in [5, 5.41) is 12.0. The number of fused-ring (bicyclic) bond motifs is 1. The molecule has 0 bridgehead atoms. The molecule has 0 fully saturated rings. The maximum Gasteiger partial charge on any atom is 0.122 e. The molecule has 4 heteroatoms. The minimum absolute atomic E-state index is 0.628. The molecule has 2 aromatic rings. The monoisotopic (exact) mass is 233 g/mol. The van der Waals surface area contributed by atoms with Gasteiger partial charge in [-0.05, 0) is 16.7 Å². The van der Waals surface area contributed by atoms with Gasteiger partial charge in [-0.3, -0.25) is 0 Å². The van der Waals surface area contributed by atoms with Gasteiger partial charge in [0.25, 0.3) is 0 Å². The second kappa shape index (κ2) is 3.97. The number of ether oxygens (including phenoxy) is 1. The normalized spacial score (nSPS) is 16.1. The molecule has 0 aliphatic carbocycles. The smallest absolute Gasteiger partial charge is 0.122 e. The molecule has 1 aliphatic rings. The van der Waals surface area contributed by atoms with E-state index in [9.17, 15) is 5.11 Å². The van der Waals surface area contributed by atoms with Crippen LogP contribution in [0, 0.1) is 0 Å². The molecule has 3 nitrogen and oxygen atoms in total. The van der Waals surface area contributed by atoms with Crippen molar-refractivity contribution in [2.45, 2.75) is 19.3 Å². The molecule has 1 aromatic heterocycles. The van der Waals surface area contributed by atoms with Crippen LogP contribution in [0.25, 0.3) is 0 Å². The number of aromatic nitrogens is 1. The van der Waals surface area contributed by atoms with Crippen LogP contribution < -0.4 is 0 Å². The number of benzene rings is 1. The number of aliphatic hydroxyl groups is 1. The summed E-state index contributed by atoms with van der Waals surface area (Å²) < 4.78 is 5.35. The molecule has 1 aliphatic heterocycles. The lowest BCUT2D eigenvalue weighted by Gasteiger charge is -2.09. The fraction of sp³-hybridized carbons (Fsp3) is 0.250. The van der Waals surface area contributed by atoms with Gasteiger partial charge in [-0.1, -0.05) is 18.2 Å². The first-order valence-corrected chi connectivity index (χ1v) is 6.04. The maximum absolute atomic E-state index is 10.1. The Hall–Kier alpha value is -1.23. The molecule has 0 spiro atoms. The third kappa shape index (κ3) is 1.65. The number of thiazole rings is 1. The highest BCUT2D eigenvalue weighted by molar-refractivity contribution is 7.07. The first-order valence-electron chi connectivity index (χ1n) is 5.10. The molecule has 16 heavy (non-hydrogen) atoms. The zero-order chi connectivity index (χ0) is 11.0. The van der Waals surface area contributed by atoms with Crippen molar-refractivity contribution in [1.29, 1.82) is 0 Å². The van der Waals surface area contributed by atoms with Crippen LogP contribution in [0.3, 0.4) is 0 Å². The van der Waals surface area contributed by atoms with E-state index in [4.69, 9.17) is 4.74 Å². The van der Waals surface area contributed by atoms with Gasteiger partial charge in [0.15, 0.2) is 0 Å². The molecule has 0 saturated heterocycles. The molecule has 0 saturated carbocycles. The van der Waals surface area contributed by atoms with Crippen molar-refractivity contribution < 1.29 is 9.84 Å². The van der Waals surface area contributed by atoms with Crippen molar-refractivity contribution in [2.24, 2.45) is 0 Å². The fourth-order valence-electron chi connectivity index (χ4n) is 1.89. The molecule has 1 unspecified atom stereocenters. The SMILES string of the molecule is OC(c1ccc2c(c1)COC2)c1cscn1. The van der Waals surface area contributed by atoms with Gasteiger partial charge in [0.2, 0.25) is 0 Å². The zero-order valence-corrected chi connectivity index (χ0v) is 9.41. The third-order valence-electron chi connectivity index (χ3n) is 2.79. The molecule has 1 atom stereocenters. The van der Waals surface area contributed by atoms with Crippen LogP contribution in [0.4, 0.5) is 0 Å². The summed E-state index contributed by atoms with van der Waals surface area (Å²) in [6.07, 6.45) is -0.628. The van der Waals surface area contributed by atoms with Crippen LogP contribution in [-0.4, -0.2) is 10.1 Å². The predicted molar refractivity (Wildman–Crippen MR) is 61.1 cm³/mol. The first kappa shape index (κ1) is 9.96. The molecule has 2 heterocycles. The average molecular weight is 233 g/mol. The lowest BCUT2D eigenvalue weighted by atomic mass is 10.0. The molecular formula is C12H11NO2S. The quantitative estimate of drug-likeness (QED) is 0.865. The molecule has 82 valence electrons. The van der Waals surface area contributed by atoms with Crippen LogP contribution in [0.15, 0.2) is 29.1 Å². The van der Waals surface area contributed by atoms with Crippen molar-refractivity contribution in [1.82, 2.24) is 4.98 Å². The van der Waals surface area contributed by atoms with Gasteiger partial charge in [-0.15, -0.1) is 11.3 Å². The van der Waals surface area contributed by atoms with Gasteiger partial charge >= 0.3 is 0 Å². The van der Waals surface area contributed by atoms with E-state index < -0.39 is 6.10 Å². The highest BCUT2D eigenvalue weighted by atomic mass is 32.1. The van der Waals surface area contributed by atoms with Crippen LogP contribution in [0.1, 0.15) is 28.5 Å². The standard InChI is InChI=1S/C12H11NO2S/c14-12(11-6-16-7-13-11)8-1-2-9-4-15-5-10(9)3-8/h1-3,6-7,12,14H,4-5H2. The summed E-state index contributed by atoms with van der Waals surface area (Å²) in [4.78, 5) is 4.12. The number of hydrogen-bond donors (Lipinski definition) is 1. The van der Waals surface area contributed by atoms with Crippen molar-refractivity contribution in [2.75, 3.05) is 0 Å². The van der Waals surface area contributed by atoms with Crippen LogP contribution in [-0.2, 0) is 18.0 Å². The van der Waals surface area contributed by atoms with Gasteiger partial charge in [-0.2, -0.15) is 0 Å². The minimum Gasteiger partial charge on any atom is -0.382 e. The largest absolute Gasteiger partial charge is 0.382 e. The Morgan fingerprint density at radius 3 is 3.00 bits per heavy atom. The lowest BCUT2D eigenvalue weighted by Crippen LogP contribution is -2.00. The Balaban J connectivity index is 1.95. The Morgan fingerprint density at radius 1 is 1.31 bits per heavy atom. The molecule has 1 N–H and O–H groups in total. The lowest BCUT2D eigenvalue weighted by molar-refractivity contribution is 0.134. The van der Waals surface area contributed by atoms with E-state index in [0.29, 0.717) is 18.9 Å². The topological polar surface area (TPSA) is 42.4 Å². The number of aliphatic hydroxyl groups excluding tert-OH is 1. The van der Waals surface area contributed by atoms with E-state index in [-0.39, 0.29) is 0 Å². The van der Waals surface area contributed by atoms with Crippen molar-refractivity contribution >= 4 is 11.3 Å². The summed E-state index contributed by atoms with van der Waals surface area (Å²) in [5.74, 6) is 0. The van der Waals surface area contributed by atoms with Gasteiger partial charge in [0.1, 0.15) is 6.10 Å². The van der Waals surface area contributed by atoms with Crippen molar-refractivity contribution in [3.05, 3.63) is 51.5 Å². The second-order valence-electron chi connectivity index (χ2n) is 3.84. The Labute approximate surface area is 97.3 Å². The van der Waals surface area contributed by atoms with E-state index in [1.54, 1.807) is 5.51 Å². The van der Waals surface area contributed by atoms with E-state index in [2.05, 4.69) is 4.98 Å². The summed E-state index contributed by atoms with van der Waals surface area (Å²) in [5.41, 5.74) is 5.72. The van der Waals surface area contributed by atoms with Crippen LogP contribution >= 0.6 is 11.3 Å². The third-order valence-corrected chi connectivity index (χ3v) is 3.40. The summed E-state index contributed by atoms with van der Waals surface area (Å²) in [6.45, 7) is 1.33. The van der Waals surface area contributed by atoms with Crippen LogP contribution in [0.2, 0.25) is 0 Å². The molecular weight excluding hydrogens is 222 g/mol. The van der Waals surface area contributed by atoms with Crippen molar-refractivity contribution in [3.63, 3.8) is 0 Å². The van der Waals surface area contributed by atoms with E-state index >= 15 is 0 Å². The average Bonchev–Trinajstić information content (AvgIpc) is 2.98. The Kier molecular flexibility index (Phi) is 2.47. The van der Waals surface area contributed by atoms with Gasteiger partial charge < -0.3 is 9.84 Å². The number of nitrogens with zero attached hydrogens (tertiary/aromatic N) is 1. The maximum atomic E-state index is 10.1. The van der Waals surface area contributed by atoms with E-state index in [1.165, 1.54) is 22.5 Å². The first-order chi connectivity index (χ1) is 7.84. The molecule has 1 aromatic carbocycles. The highest BCUT2D eigenvalue weighted by Gasteiger charge is 2.16. The summed E-state index contributed by atoms with van der Waals surface area (Å²) in [6, 6.07) is 5.97. The van der Waals surface area contributed by atoms with Gasteiger partial charge in [0.05, 0.1) is 24.4 Å². The molecule has 0 amide bonds. The molecule has 0 radical (unpaired) electrons. The fourth-order valence-corrected chi connectivity index (χ4v) is 2.46. The van der Waals surface area contributed by atoms with Crippen LogP contribution in [0.5, 0.6) is 0 Å². The Morgan fingerprint density at radius 2 is 2.19 bits per heavy atom. The molecule has 3 rings (SSSR count). The van der Waals surface area contributed by atoms with Gasteiger partial charge in [-0.25, -0.2) is 4.98 Å². The number of hydrogen-bond acceptors (Lipinski definition) is 4. The highest BCUT2D eigenvalue weighted by Crippen LogP contribution is 2.27. The number of rotatable bonds is 2. The van der Waals surface area contributed by atoms with Gasteiger partial charge in [0, 0.05) is 5.38 Å². The predicted octanol–water partition coefficient (Wildman–Crippen LogP) is 2.25. The van der Waals surface area contributed by atoms with E-state index in [1.807, 2.05) is 23.6 Å². The van der Waals surface area contributed by atoms with E-state index in [0.717, 1.165) is 5.56 Å². The summed E-state index contributed by atoms with van der Waals surface area (Å²) >= 11 is 1.49. The summed E-state index contributed by atoms with van der Waals surface area (Å²) in [7, 11) is 0. The van der Waals surface area contributed by atoms with Crippen molar-refractivity contribution in [3.8, 4) is 0 Å². The minimum atomic E-state index is -0.628. The zero-order valence-electron chi connectivity index (χ0n) is 8.59. The Bertz CT molecular complexity index is 496.